The van der Waals surface area contributed by atoms with Gasteiger partial charge in [-0.2, -0.15) is 0 Å². The minimum Gasteiger partial charge on any atom is -0.379 e. The Morgan fingerprint density at radius 1 is 1.39 bits per heavy atom. The van der Waals surface area contributed by atoms with E-state index in [1.54, 1.807) is 24.4 Å². The zero-order valence-electron chi connectivity index (χ0n) is 9.80. The summed E-state index contributed by atoms with van der Waals surface area (Å²) in [5.74, 6) is 0.675. The van der Waals surface area contributed by atoms with Crippen molar-refractivity contribution in [2.75, 3.05) is 11.9 Å². The Bertz CT molecular complexity index is 608. The number of nitrogens with one attached hydrogen (secondary N) is 1. The highest BCUT2D eigenvalue weighted by atomic mass is 16.6. The summed E-state index contributed by atoms with van der Waals surface area (Å²) in [5, 5.41) is 15.0. The number of nitro groups is 1. The molecule has 0 unspecified atom stereocenters. The smallest absolute Gasteiger partial charge is 0.301 e. The van der Waals surface area contributed by atoms with E-state index in [1.807, 2.05) is 6.07 Å². The SMILES string of the molecule is O=[N+]([O-])c1c(NCC2CC2)ccc2ncccc12. The Labute approximate surface area is 104 Å². The number of nitro benzene ring substituents is 1. The molecule has 1 fully saturated rings. The first kappa shape index (κ1) is 11.0. The van der Waals surface area contributed by atoms with E-state index in [2.05, 4.69) is 10.3 Å². The van der Waals surface area contributed by atoms with Crippen molar-refractivity contribution in [3.8, 4) is 0 Å². The molecule has 1 N–H and O–H groups in total. The average Bonchev–Trinajstić information content (AvgIpc) is 3.19. The van der Waals surface area contributed by atoms with E-state index in [0.29, 0.717) is 22.5 Å². The molecule has 0 aliphatic heterocycles. The van der Waals surface area contributed by atoms with Crippen molar-refractivity contribution in [2.24, 2.45) is 5.92 Å². The molecule has 18 heavy (non-hydrogen) atoms. The van der Waals surface area contributed by atoms with Crippen LogP contribution < -0.4 is 5.32 Å². The van der Waals surface area contributed by atoms with Gasteiger partial charge in [0.25, 0.3) is 0 Å². The maximum absolute atomic E-state index is 11.2. The Morgan fingerprint density at radius 3 is 2.94 bits per heavy atom. The van der Waals surface area contributed by atoms with Crippen LogP contribution in [0.2, 0.25) is 0 Å². The van der Waals surface area contributed by atoms with Crippen molar-refractivity contribution in [1.29, 1.82) is 0 Å². The number of rotatable bonds is 4. The average molecular weight is 243 g/mol. The number of anilines is 1. The molecule has 0 atom stereocenters. The summed E-state index contributed by atoms with van der Waals surface area (Å²) in [6.07, 6.45) is 4.08. The van der Waals surface area contributed by atoms with Crippen LogP contribution in [0, 0.1) is 16.0 Å². The summed E-state index contributed by atoms with van der Waals surface area (Å²) in [5.41, 5.74) is 1.37. The lowest BCUT2D eigenvalue weighted by atomic mass is 10.1. The third-order valence-electron chi connectivity index (χ3n) is 3.22. The number of benzene rings is 1. The molecule has 1 aliphatic rings. The molecule has 0 spiro atoms. The fourth-order valence-electron chi connectivity index (χ4n) is 2.05. The summed E-state index contributed by atoms with van der Waals surface area (Å²) in [6, 6.07) is 7.02. The van der Waals surface area contributed by atoms with Crippen LogP contribution in [-0.2, 0) is 0 Å². The number of pyridine rings is 1. The second-order valence-electron chi connectivity index (χ2n) is 4.61. The van der Waals surface area contributed by atoms with Gasteiger partial charge in [-0.25, -0.2) is 0 Å². The monoisotopic (exact) mass is 243 g/mol. The largest absolute Gasteiger partial charge is 0.379 e. The first-order chi connectivity index (χ1) is 8.75. The predicted molar refractivity (Wildman–Crippen MR) is 69.6 cm³/mol. The number of aromatic nitrogens is 1. The molecule has 2 aromatic rings. The van der Waals surface area contributed by atoms with E-state index in [4.69, 9.17) is 0 Å². The normalized spacial score (nSPS) is 14.7. The molecule has 5 heteroatoms. The van der Waals surface area contributed by atoms with Crippen molar-refractivity contribution in [3.63, 3.8) is 0 Å². The minimum atomic E-state index is -0.334. The molecule has 1 aliphatic carbocycles. The Balaban J connectivity index is 2.05. The lowest BCUT2D eigenvalue weighted by Crippen LogP contribution is -2.06. The second kappa shape index (κ2) is 4.25. The number of nitrogens with zero attached hydrogens (tertiary/aromatic N) is 2. The third kappa shape index (κ3) is 1.99. The topological polar surface area (TPSA) is 68.1 Å². The highest BCUT2D eigenvalue weighted by Crippen LogP contribution is 2.34. The number of hydrogen-bond donors (Lipinski definition) is 1. The van der Waals surface area contributed by atoms with Gasteiger partial charge in [0, 0.05) is 12.7 Å². The molecule has 0 bridgehead atoms. The summed E-state index contributed by atoms with van der Waals surface area (Å²) >= 11 is 0. The molecule has 1 aromatic carbocycles. The Hall–Kier alpha value is -2.17. The van der Waals surface area contributed by atoms with Crippen molar-refractivity contribution in [3.05, 3.63) is 40.6 Å². The number of hydrogen-bond acceptors (Lipinski definition) is 4. The van der Waals surface area contributed by atoms with Crippen LogP contribution in [0.3, 0.4) is 0 Å². The summed E-state index contributed by atoms with van der Waals surface area (Å²) < 4.78 is 0. The lowest BCUT2D eigenvalue weighted by molar-refractivity contribution is -0.382. The van der Waals surface area contributed by atoms with Crippen LogP contribution in [0.15, 0.2) is 30.5 Å². The lowest BCUT2D eigenvalue weighted by Gasteiger charge is -2.08. The number of fused-ring (bicyclic) bond motifs is 1. The van der Waals surface area contributed by atoms with Gasteiger partial charge in [-0.1, -0.05) is 0 Å². The highest BCUT2D eigenvalue weighted by molar-refractivity contribution is 5.94. The van der Waals surface area contributed by atoms with Gasteiger partial charge in [0.05, 0.1) is 15.8 Å². The standard InChI is InChI=1S/C13H13N3O2/c17-16(18)13-10-2-1-7-14-11(10)5-6-12(13)15-8-9-3-4-9/h1-2,5-7,9,15H,3-4,8H2. The molecule has 0 amide bonds. The zero-order chi connectivity index (χ0) is 12.5. The fourth-order valence-corrected chi connectivity index (χ4v) is 2.05. The van der Waals surface area contributed by atoms with Crippen molar-refractivity contribution in [2.45, 2.75) is 12.8 Å². The van der Waals surface area contributed by atoms with Crippen LogP contribution in [0.5, 0.6) is 0 Å². The van der Waals surface area contributed by atoms with E-state index >= 15 is 0 Å². The molecule has 1 saturated carbocycles. The zero-order valence-corrected chi connectivity index (χ0v) is 9.80. The predicted octanol–water partition coefficient (Wildman–Crippen LogP) is 2.96. The van der Waals surface area contributed by atoms with E-state index < -0.39 is 0 Å². The van der Waals surface area contributed by atoms with Crippen LogP contribution in [0.1, 0.15) is 12.8 Å². The van der Waals surface area contributed by atoms with Gasteiger partial charge in [-0.05, 0) is 43.0 Å². The van der Waals surface area contributed by atoms with Crippen LogP contribution in [0.4, 0.5) is 11.4 Å². The van der Waals surface area contributed by atoms with E-state index in [1.165, 1.54) is 12.8 Å². The van der Waals surface area contributed by atoms with E-state index in [0.717, 1.165) is 6.54 Å². The molecule has 1 heterocycles. The summed E-state index contributed by atoms with van der Waals surface area (Å²) in [7, 11) is 0. The van der Waals surface area contributed by atoms with Gasteiger partial charge < -0.3 is 5.32 Å². The molecule has 0 saturated heterocycles. The van der Waals surface area contributed by atoms with Gasteiger partial charge in [0.15, 0.2) is 0 Å². The van der Waals surface area contributed by atoms with Crippen molar-refractivity contribution in [1.82, 2.24) is 4.98 Å². The molecule has 0 radical (unpaired) electrons. The maximum atomic E-state index is 11.2. The van der Waals surface area contributed by atoms with E-state index in [-0.39, 0.29) is 10.6 Å². The maximum Gasteiger partial charge on any atom is 0.301 e. The molecule has 3 rings (SSSR count). The van der Waals surface area contributed by atoms with E-state index in [9.17, 15) is 10.1 Å². The third-order valence-corrected chi connectivity index (χ3v) is 3.22. The molecule has 92 valence electrons. The highest BCUT2D eigenvalue weighted by Gasteiger charge is 2.23. The van der Waals surface area contributed by atoms with Crippen LogP contribution >= 0.6 is 0 Å². The molecular weight excluding hydrogens is 230 g/mol. The quantitative estimate of drug-likeness (QED) is 0.662. The van der Waals surface area contributed by atoms with Gasteiger partial charge in [-0.15, -0.1) is 0 Å². The first-order valence-corrected chi connectivity index (χ1v) is 6.01. The first-order valence-electron chi connectivity index (χ1n) is 6.01. The fraction of sp³-hybridized carbons (Fsp3) is 0.308. The van der Waals surface area contributed by atoms with Crippen molar-refractivity contribution < 1.29 is 4.92 Å². The van der Waals surface area contributed by atoms with Gasteiger partial charge in [0.1, 0.15) is 5.69 Å². The summed E-state index contributed by atoms with van der Waals surface area (Å²) in [4.78, 5) is 15.0. The molecule has 1 aromatic heterocycles. The van der Waals surface area contributed by atoms with Crippen LogP contribution in [0.25, 0.3) is 10.9 Å². The van der Waals surface area contributed by atoms with Gasteiger partial charge >= 0.3 is 5.69 Å². The van der Waals surface area contributed by atoms with Crippen LogP contribution in [-0.4, -0.2) is 16.5 Å². The Kier molecular flexibility index (Phi) is 2.59. The van der Waals surface area contributed by atoms with Gasteiger partial charge in [0.2, 0.25) is 0 Å². The van der Waals surface area contributed by atoms with Gasteiger partial charge in [-0.3, -0.25) is 15.1 Å². The summed E-state index contributed by atoms with van der Waals surface area (Å²) in [6.45, 7) is 0.812. The second-order valence-corrected chi connectivity index (χ2v) is 4.61. The minimum absolute atomic E-state index is 0.126. The van der Waals surface area contributed by atoms with Crippen molar-refractivity contribution >= 4 is 22.3 Å². The molecule has 5 nitrogen and oxygen atoms in total. The molecular formula is C13H13N3O2. The Morgan fingerprint density at radius 2 is 2.22 bits per heavy atom.